The second-order valence-electron chi connectivity index (χ2n) is 4.77. The molecule has 110 valence electrons. The molecule has 1 aliphatic heterocycles. The lowest BCUT2D eigenvalue weighted by Gasteiger charge is -2.13. The first-order chi connectivity index (χ1) is 10.2. The average molecular weight is 288 g/mol. The van der Waals surface area contributed by atoms with E-state index in [1.54, 1.807) is 0 Å². The number of fused-ring (bicyclic) bond motifs is 1. The number of hydrogen-bond donors (Lipinski definition) is 2. The zero-order valence-corrected chi connectivity index (χ0v) is 11.8. The molecular weight excluding hydrogens is 272 g/mol. The van der Waals surface area contributed by atoms with E-state index in [2.05, 4.69) is 20.5 Å². The third-order valence-electron chi connectivity index (χ3n) is 3.31. The SMILES string of the molecule is CCc1nc(C(=O)NC(C)c2ccc3c(c2)OCO3)n[nH]1. The monoisotopic (exact) mass is 288 g/mol. The highest BCUT2D eigenvalue weighted by molar-refractivity contribution is 5.90. The summed E-state index contributed by atoms with van der Waals surface area (Å²) in [7, 11) is 0. The number of nitrogens with one attached hydrogen (secondary N) is 2. The highest BCUT2D eigenvalue weighted by Crippen LogP contribution is 2.34. The number of carbonyl (C=O) groups is 1. The summed E-state index contributed by atoms with van der Waals surface area (Å²) in [6.07, 6.45) is 0.706. The third-order valence-corrected chi connectivity index (χ3v) is 3.31. The van der Waals surface area contributed by atoms with Gasteiger partial charge in [0.2, 0.25) is 12.6 Å². The zero-order chi connectivity index (χ0) is 14.8. The normalized spacial score (nSPS) is 14.0. The molecule has 0 aliphatic carbocycles. The van der Waals surface area contributed by atoms with Gasteiger partial charge in [-0.1, -0.05) is 13.0 Å². The first kappa shape index (κ1) is 13.4. The average Bonchev–Trinajstić information content (AvgIpc) is 3.15. The quantitative estimate of drug-likeness (QED) is 0.891. The highest BCUT2D eigenvalue weighted by Gasteiger charge is 2.19. The van der Waals surface area contributed by atoms with Crippen molar-refractivity contribution in [1.29, 1.82) is 0 Å². The van der Waals surface area contributed by atoms with Gasteiger partial charge in [-0.25, -0.2) is 4.98 Å². The molecule has 0 saturated heterocycles. The fraction of sp³-hybridized carbons (Fsp3) is 0.357. The van der Waals surface area contributed by atoms with Gasteiger partial charge in [0.05, 0.1) is 6.04 Å². The fourth-order valence-electron chi connectivity index (χ4n) is 2.08. The van der Waals surface area contributed by atoms with E-state index in [4.69, 9.17) is 9.47 Å². The van der Waals surface area contributed by atoms with Crippen molar-refractivity contribution in [2.75, 3.05) is 6.79 Å². The van der Waals surface area contributed by atoms with Crippen LogP contribution in [0, 0.1) is 0 Å². The molecule has 0 bridgehead atoms. The molecule has 0 spiro atoms. The van der Waals surface area contributed by atoms with Gasteiger partial charge >= 0.3 is 0 Å². The van der Waals surface area contributed by atoms with E-state index < -0.39 is 0 Å². The maximum atomic E-state index is 12.1. The summed E-state index contributed by atoms with van der Waals surface area (Å²) in [4.78, 5) is 16.2. The van der Waals surface area contributed by atoms with E-state index in [1.807, 2.05) is 32.0 Å². The molecule has 0 fully saturated rings. The number of benzene rings is 1. The molecule has 2 N–H and O–H groups in total. The summed E-state index contributed by atoms with van der Waals surface area (Å²) in [6, 6.07) is 5.41. The third kappa shape index (κ3) is 2.67. The second-order valence-corrected chi connectivity index (χ2v) is 4.77. The molecule has 21 heavy (non-hydrogen) atoms. The number of aromatic nitrogens is 3. The van der Waals surface area contributed by atoms with Crippen molar-refractivity contribution < 1.29 is 14.3 Å². The van der Waals surface area contributed by atoms with Gasteiger partial charge in [0.1, 0.15) is 5.82 Å². The topological polar surface area (TPSA) is 89.1 Å². The van der Waals surface area contributed by atoms with E-state index >= 15 is 0 Å². The molecule has 1 unspecified atom stereocenters. The fourth-order valence-corrected chi connectivity index (χ4v) is 2.08. The molecular formula is C14H16N4O3. The smallest absolute Gasteiger partial charge is 0.291 e. The molecule has 1 aromatic carbocycles. The molecule has 7 nitrogen and oxygen atoms in total. The van der Waals surface area contributed by atoms with Crippen molar-refractivity contribution in [3.8, 4) is 11.5 Å². The number of ether oxygens (including phenoxy) is 2. The minimum absolute atomic E-state index is 0.152. The lowest BCUT2D eigenvalue weighted by atomic mass is 10.1. The Balaban J connectivity index is 1.70. The number of rotatable bonds is 4. The first-order valence-corrected chi connectivity index (χ1v) is 6.79. The van der Waals surface area contributed by atoms with Crippen molar-refractivity contribution >= 4 is 5.91 Å². The number of carbonyl (C=O) groups excluding carboxylic acids is 1. The second kappa shape index (κ2) is 5.43. The zero-order valence-electron chi connectivity index (χ0n) is 11.8. The van der Waals surface area contributed by atoms with Crippen LogP contribution in [0.15, 0.2) is 18.2 Å². The van der Waals surface area contributed by atoms with Crippen LogP contribution in [0.1, 0.15) is 41.9 Å². The molecule has 1 aromatic heterocycles. The first-order valence-electron chi connectivity index (χ1n) is 6.79. The lowest BCUT2D eigenvalue weighted by Crippen LogP contribution is -2.27. The minimum Gasteiger partial charge on any atom is -0.454 e. The van der Waals surface area contributed by atoms with Crippen LogP contribution >= 0.6 is 0 Å². The van der Waals surface area contributed by atoms with Gasteiger partial charge in [0, 0.05) is 6.42 Å². The van der Waals surface area contributed by atoms with Gasteiger partial charge < -0.3 is 14.8 Å². The van der Waals surface area contributed by atoms with Crippen molar-refractivity contribution in [3.63, 3.8) is 0 Å². The molecule has 0 saturated carbocycles. The van der Waals surface area contributed by atoms with Crippen molar-refractivity contribution in [2.45, 2.75) is 26.3 Å². The summed E-state index contributed by atoms with van der Waals surface area (Å²) >= 11 is 0. The molecule has 1 atom stereocenters. The van der Waals surface area contributed by atoms with Crippen LogP contribution in [0.4, 0.5) is 0 Å². The molecule has 0 radical (unpaired) electrons. The number of H-pyrrole nitrogens is 1. The summed E-state index contributed by atoms with van der Waals surface area (Å²) in [5.74, 6) is 1.95. The van der Waals surface area contributed by atoms with E-state index in [1.165, 1.54) is 0 Å². The van der Waals surface area contributed by atoms with Gasteiger partial charge in [0.15, 0.2) is 11.5 Å². The van der Waals surface area contributed by atoms with Crippen LogP contribution in [0.2, 0.25) is 0 Å². The Morgan fingerprint density at radius 1 is 1.43 bits per heavy atom. The van der Waals surface area contributed by atoms with Gasteiger partial charge in [0.25, 0.3) is 5.91 Å². The van der Waals surface area contributed by atoms with Crippen LogP contribution in [-0.2, 0) is 6.42 Å². The van der Waals surface area contributed by atoms with Crippen LogP contribution in [0.5, 0.6) is 11.5 Å². The van der Waals surface area contributed by atoms with Crippen molar-refractivity contribution in [3.05, 3.63) is 35.4 Å². The summed E-state index contributed by atoms with van der Waals surface area (Å²) < 4.78 is 10.6. The Morgan fingerprint density at radius 2 is 2.24 bits per heavy atom. The van der Waals surface area contributed by atoms with E-state index in [0.29, 0.717) is 18.0 Å². The Kier molecular flexibility index (Phi) is 3.47. The molecule has 7 heteroatoms. The van der Waals surface area contributed by atoms with E-state index in [9.17, 15) is 4.79 Å². The molecule has 1 aliphatic rings. The number of nitrogens with zero attached hydrogens (tertiary/aromatic N) is 2. The number of aromatic amines is 1. The minimum atomic E-state index is -0.309. The lowest BCUT2D eigenvalue weighted by molar-refractivity contribution is 0.0929. The summed E-state index contributed by atoms with van der Waals surface area (Å²) in [5, 5.41) is 9.48. The van der Waals surface area contributed by atoms with Gasteiger partial charge in [-0.05, 0) is 24.6 Å². The van der Waals surface area contributed by atoms with E-state index in [0.717, 1.165) is 11.3 Å². The number of amides is 1. The van der Waals surface area contributed by atoms with Gasteiger partial charge in [-0.15, -0.1) is 5.10 Å². The Bertz CT molecular complexity index is 668. The summed E-state index contributed by atoms with van der Waals surface area (Å²) in [6.45, 7) is 4.07. The standard InChI is InChI=1S/C14H16N4O3/c1-3-12-16-13(18-17-12)14(19)15-8(2)9-4-5-10-11(6-9)21-7-20-10/h4-6,8H,3,7H2,1-2H3,(H,15,19)(H,16,17,18). The van der Waals surface area contributed by atoms with Crippen molar-refractivity contribution in [2.24, 2.45) is 0 Å². The van der Waals surface area contributed by atoms with Crippen LogP contribution < -0.4 is 14.8 Å². The van der Waals surface area contributed by atoms with Crippen LogP contribution in [0.3, 0.4) is 0 Å². The predicted molar refractivity (Wildman–Crippen MR) is 74.2 cm³/mol. The molecule has 2 aromatic rings. The number of aryl methyl sites for hydroxylation is 1. The maximum Gasteiger partial charge on any atom is 0.291 e. The highest BCUT2D eigenvalue weighted by atomic mass is 16.7. The Hall–Kier alpha value is -2.57. The van der Waals surface area contributed by atoms with E-state index in [-0.39, 0.29) is 24.6 Å². The van der Waals surface area contributed by atoms with Crippen LogP contribution in [-0.4, -0.2) is 27.9 Å². The Morgan fingerprint density at radius 3 is 3.00 bits per heavy atom. The maximum absolute atomic E-state index is 12.1. The molecule has 2 heterocycles. The largest absolute Gasteiger partial charge is 0.454 e. The number of hydrogen-bond acceptors (Lipinski definition) is 5. The Labute approximate surface area is 121 Å². The molecule has 3 rings (SSSR count). The van der Waals surface area contributed by atoms with Gasteiger partial charge in [-0.3, -0.25) is 9.89 Å². The molecule has 1 amide bonds. The van der Waals surface area contributed by atoms with Gasteiger partial charge in [-0.2, -0.15) is 0 Å². The van der Waals surface area contributed by atoms with Crippen molar-refractivity contribution in [1.82, 2.24) is 20.5 Å². The predicted octanol–water partition coefficient (Wildman–Crippen LogP) is 1.59. The van der Waals surface area contributed by atoms with Crippen LogP contribution in [0.25, 0.3) is 0 Å². The summed E-state index contributed by atoms with van der Waals surface area (Å²) in [5.41, 5.74) is 0.929.